The lowest BCUT2D eigenvalue weighted by atomic mass is 9.91. The van der Waals surface area contributed by atoms with Crippen LogP contribution in [0.5, 0.6) is 0 Å². The summed E-state index contributed by atoms with van der Waals surface area (Å²) in [5, 5.41) is 13.6. The number of hydrogen-bond donors (Lipinski definition) is 1. The zero-order valence-corrected chi connectivity index (χ0v) is 14.0. The molecule has 0 amide bonds. The number of aryl methyl sites for hydroxylation is 1. The van der Waals surface area contributed by atoms with Crippen LogP contribution in [0.25, 0.3) is 0 Å². The molecule has 0 spiro atoms. The second-order valence-electron chi connectivity index (χ2n) is 6.79. The molecule has 1 unspecified atom stereocenters. The fourth-order valence-corrected chi connectivity index (χ4v) is 3.23. The highest BCUT2D eigenvalue weighted by atomic mass is 32.1. The van der Waals surface area contributed by atoms with Gasteiger partial charge in [0.2, 0.25) is 0 Å². The van der Waals surface area contributed by atoms with Crippen molar-refractivity contribution in [3.63, 3.8) is 0 Å². The predicted molar refractivity (Wildman–Crippen MR) is 85.2 cm³/mol. The predicted octanol–water partition coefficient (Wildman–Crippen LogP) is 4.34. The monoisotopic (exact) mass is 307 g/mol. The van der Waals surface area contributed by atoms with Gasteiger partial charge in [-0.3, -0.25) is 0 Å². The molecular weight excluding hydrogens is 285 g/mol. The van der Waals surface area contributed by atoms with Crippen LogP contribution < -0.4 is 0 Å². The molecule has 2 aromatic rings. The fourth-order valence-electron chi connectivity index (χ4n) is 2.06. The quantitative estimate of drug-likeness (QED) is 0.915. The summed E-state index contributed by atoms with van der Waals surface area (Å²) in [5.74, 6) is -0.290. The lowest BCUT2D eigenvalue weighted by Gasteiger charge is -2.23. The Kier molecular flexibility index (Phi) is 4.22. The number of halogens is 1. The Balaban J connectivity index is 2.24. The van der Waals surface area contributed by atoms with E-state index in [9.17, 15) is 9.50 Å². The lowest BCUT2D eigenvalue weighted by molar-refractivity contribution is 0.0571. The van der Waals surface area contributed by atoms with Crippen LogP contribution >= 0.6 is 11.3 Å². The normalized spacial score (nSPS) is 15.0. The van der Waals surface area contributed by atoms with Crippen molar-refractivity contribution in [2.45, 2.75) is 52.1 Å². The van der Waals surface area contributed by atoms with Gasteiger partial charge < -0.3 is 5.11 Å². The summed E-state index contributed by atoms with van der Waals surface area (Å²) in [4.78, 5) is 4.60. The van der Waals surface area contributed by atoms with Gasteiger partial charge in [0.1, 0.15) is 5.82 Å². The molecule has 1 atom stereocenters. The molecule has 0 radical (unpaired) electrons. The molecule has 0 saturated carbocycles. The molecular formula is C17H22FNOS. The van der Waals surface area contributed by atoms with Crippen molar-refractivity contribution in [3.05, 3.63) is 51.2 Å². The van der Waals surface area contributed by atoms with E-state index in [1.807, 2.05) is 5.38 Å². The van der Waals surface area contributed by atoms with Crippen molar-refractivity contribution in [2.24, 2.45) is 0 Å². The van der Waals surface area contributed by atoms with Crippen LogP contribution in [0, 0.1) is 12.7 Å². The maximum atomic E-state index is 13.7. The first-order chi connectivity index (χ1) is 9.59. The number of aliphatic hydroxyl groups is 1. The van der Waals surface area contributed by atoms with Gasteiger partial charge >= 0.3 is 0 Å². The number of nitrogens with zero attached hydrogens (tertiary/aromatic N) is 1. The summed E-state index contributed by atoms with van der Waals surface area (Å²) >= 11 is 1.54. The van der Waals surface area contributed by atoms with Crippen molar-refractivity contribution < 1.29 is 9.50 Å². The zero-order chi connectivity index (χ0) is 15.8. The third-order valence-electron chi connectivity index (χ3n) is 3.61. The second-order valence-corrected chi connectivity index (χ2v) is 7.73. The molecule has 1 heterocycles. The molecule has 2 nitrogen and oxygen atoms in total. The van der Waals surface area contributed by atoms with E-state index in [0.29, 0.717) is 17.5 Å². The molecule has 114 valence electrons. The Morgan fingerprint density at radius 1 is 1.24 bits per heavy atom. The van der Waals surface area contributed by atoms with Crippen LogP contribution in [0.3, 0.4) is 0 Å². The Morgan fingerprint density at radius 2 is 1.90 bits per heavy atom. The molecule has 0 aliphatic heterocycles. The minimum Gasteiger partial charge on any atom is -0.385 e. The second kappa shape index (κ2) is 5.50. The minimum atomic E-state index is -1.12. The van der Waals surface area contributed by atoms with Crippen molar-refractivity contribution >= 4 is 11.3 Å². The molecule has 1 aromatic carbocycles. The van der Waals surface area contributed by atoms with Crippen LogP contribution in [-0.2, 0) is 17.4 Å². The molecule has 0 bridgehead atoms. The van der Waals surface area contributed by atoms with Crippen LogP contribution in [0.2, 0.25) is 0 Å². The summed E-state index contributed by atoms with van der Waals surface area (Å²) < 4.78 is 13.7. The van der Waals surface area contributed by atoms with E-state index in [1.54, 1.807) is 37.3 Å². The SMILES string of the molecule is Cc1ccc(C(C)(O)Cc2nc(C(C)(C)C)cs2)cc1F. The Morgan fingerprint density at radius 3 is 2.43 bits per heavy atom. The molecule has 21 heavy (non-hydrogen) atoms. The third-order valence-corrected chi connectivity index (χ3v) is 4.46. The van der Waals surface area contributed by atoms with Crippen molar-refractivity contribution in [3.8, 4) is 0 Å². The highest BCUT2D eigenvalue weighted by Gasteiger charge is 2.27. The lowest BCUT2D eigenvalue weighted by Crippen LogP contribution is -2.24. The summed E-state index contributed by atoms with van der Waals surface area (Å²) in [6.45, 7) is 9.75. The van der Waals surface area contributed by atoms with Gasteiger partial charge in [0.15, 0.2) is 0 Å². The molecule has 1 aromatic heterocycles. The van der Waals surface area contributed by atoms with E-state index in [1.165, 1.54) is 6.07 Å². The summed E-state index contributed by atoms with van der Waals surface area (Å²) in [6, 6.07) is 4.88. The standard InChI is InChI=1S/C17H22FNOS/c1-11-6-7-12(8-13(11)18)17(5,20)9-15-19-14(10-21-15)16(2,3)4/h6-8,10,20H,9H2,1-5H3. The van der Waals surface area contributed by atoms with E-state index >= 15 is 0 Å². The van der Waals surface area contributed by atoms with E-state index < -0.39 is 5.60 Å². The smallest absolute Gasteiger partial charge is 0.126 e. The van der Waals surface area contributed by atoms with Gasteiger partial charge in [-0.2, -0.15) is 0 Å². The summed E-state index contributed by atoms with van der Waals surface area (Å²) in [6.07, 6.45) is 0.385. The topological polar surface area (TPSA) is 33.1 Å². The number of aromatic nitrogens is 1. The van der Waals surface area contributed by atoms with E-state index in [4.69, 9.17) is 0 Å². The average Bonchev–Trinajstić information content (AvgIpc) is 2.80. The van der Waals surface area contributed by atoms with Crippen LogP contribution in [-0.4, -0.2) is 10.1 Å². The van der Waals surface area contributed by atoms with Gasteiger partial charge in [0.25, 0.3) is 0 Å². The van der Waals surface area contributed by atoms with Gasteiger partial charge in [-0.25, -0.2) is 9.37 Å². The minimum absolute atomic E-state index is 0.00340. The Bertz CT molecular complexity index is 640. The van der Waals surface area contributed by atoms with Gasteiger partial charge in [-0.05, 0) is 31.0 Å². The van der Waals surface area contributed by atoms with Crippen molar-refractivity contribution in [1.29, 1.82) is 0 Å². The van der Waals surface area contributed by atoms with Gasteiger partial charge in [-0.1, -0.05) is 32.9 Å². The van der Waals surface area contributed by atoms with E-state index in [0.717, 1.165) is 10.7 Å². The first kappa shape index (κ1) is 16.1. The molecule has 4 heteroatoms. The van der Waals surface area contributed by atoms with Crippen LogP contribution in [0.4, 0.5) is 4.39 Å². The molecule has 1 N–H and O–H groups in total. The zero-order valence-electron chi connectivity index (χ0n) is 13.2. The summed E-state index contributed by atoms with van der Waals surface area (Å²) in [7, 11) is 0. The Labute approximate surface area is 129 Å². The highest BCUT2D eigenvalue weighted by Crippen LogP contribution is 2.30. The average molecular weight is 307 g/mol. The highest BCUT2D eigenvalue weighted by molar-refractivity contribution is 7.09. The first-order valence-corrected chi connectivity index (χ1v) is 7.91. The maximum absolute atomic E-state index is 13.7. The van der Waals surface area contributed by atoms with Gasteiger partial charge in [0, 0.05) is 17.2 Å². The maximum Gasteiger partial charge on any atom is 0.126 e. The largest absolute Gasteiger partial charge is 0.385 e. The number of hydrogen-bond acceptors (Lipinski definition) is 3. The number of benzene rings is 1. The van der Waals surface area contributed by atoms with Crippen molar-refractivity contribution in [1.82, 2.24) is 4.98 Å². The number of thiazole rings is 1. The Hall–Kier alpha value is -1.26. The van der Waals surface area contributed by atoms with Crippen LogP contribution in [0.1, 0.15) is 49.5 Å². The molecule has 0 aliphatic carbocycles. The molecule has 2 rings (SSSR count). The number of rotatable bonds is 3. The first-order valence-electron chi connectivity index (χ1n) is 7.03. The molecule has 0 fully saturated rings. The van der Waals surface area contributed by atoms with Gasteiger partial charge in [0.05, 0.1) is 16.3 Å². The van der Waals surface area contributed by atoms with Crippen LogP contribution in [0.15, 0.2) is 23.6 Å². The molecule has 0 saturated heterocycles. The van der Waals surface area contributed by atoms with E-state index in [-0.39, 0.29) is 11.2 Å². The van der Waals surface area contributed by atoms with Gasteiger partial charge in [-0.15, -0.1) is 11.3 Å². The summed E-state index contributed by atoms with van der Waals surface area (Å²) in [5.41, 5.74) is 1.06. The van der Waals surface area contributed by atoms with Crippen molar-refractivity contribution in [2.75, 3.05) is 0 Å². The molecule has 0 aliphatic rings. The van der Waals surface area contributed by atoms with E-state index in [2.05, 4.69) is 25.8 Å². The fraction of sp³-hybridized carbons (Fsp3) is 0.471. The third kappa shape index (κ3) is 3.69.